The molecule has 1 saturated heterocycles. The summed E-state index contributed by atoms with van der Waals surface area (Å²) in [6, 6.07) is 14.5. The highest BCUT2D eigenvalue weighted by Gasteiger charge is 2.49. The Morgan fingerprint density at radius 3 is 2.50 bits per heavy atom. The Kier molecular flexibility index (Phi) is 6.42. The van der Waals surface area contributed by atoms with Crippen molar-refractivity contribution in [1.82, 2.24) is 10.2 Å². The van der Waals surface area contributed by atoms with E-state index in [2.05, 4.69) is 5.32 Å². The maximum absolute atomic E-state index is 14.1. The van der Waals surface area contributed by atoms with Gasteiger partial charge < -0.3 is 15.0 Å². The van der Waals surface area contributed by atoms with Crippen LogP contribution in [-0.2, 0) is 34.1 Å². The Hall–Kier alpha value is -2.38. The zero-order valence-electron chi connectivity index (χ0n) is 19.2. The van der Waals surface area contributed by atoms with Gasteiger partial charge in [-0.2, -0.15) is 13.2 Å². The number of hydrogen-bond donors (Lipinski definition) is 1. The molecule has 2 atom stereocenters. The van der Waals surface area contributed by atoms with Gasteiger partial charge in [-0.05, 0) is 67.3 Å². The van der Waals surface area contributed by atoms with Gasteiger partial charge in [-0.15, -0.1) is 0 Å². The van der Waals surface area contributed by atoms with E-state index in [-0.39, 0.29) is 18.5 Å². The average molecular weight is 473 g/mol. The van der Waals surface area contributed by atoms with Gasteiger partial charge in [0, 0.05) is 38.4 Å². The molecule has 2 aromatic rings. The van der Waals surface area contributed by atoms with Crippen molar-refractivity contribution in [3.05, 3.63) is 70.8 Å². The molecule has 1 amide bonds. The first-order valence-electron chi connectivity index (χ1n) is 12.2. The summed E-state index contributed by atoms with van der Waals surface area (Å²) in [6.07, 6.45) is 0.498. The maximum Gasteiger partial charge on any atom is 0.416 e. The highest BCUT2D eigenvalue weighted by Crippen LogP contribution is 2.44. The lowest BCUT2D eigenvalue weighted by atomic mass is 9.76. The molecule has 3 aliphatic rings. The molecule has 2 heterocycles. The minimum absolute atomic E-state index is 0.0399. The minimum Gasteiger partial charge on any atom is -0.381 e. The fourth-order valence-corrected chi connectivity index (χ4v) is 5.93. The second-order valence-electron chi connectivity index (χ2n) is 9.90. The van der Waals surface area contributed by atoms with E-state index in [1.807, 2.05) is 30.3 Å². The van der Waals surface area contributed by atoms with Crippen LogP contribution in [0, 0.1) is 0 Å². The fourth-order valence-electron chi connectivity index (χ4n) is 5.93. The molecule has 0 aromatic heterocycles. The number of halogens is 3. The molecule has 1 N–H and O–H groups in total. The van der Waals surface area contributed by atoms with Crippen LogP contribution in [0.2, 0.25) is 0 Å². The fraction of sp³-hybridized carbons (Fsp3) is 0.519. The zero-order valence-corrected chi connectivity index (χ0v) is 19.2. The summed E-state index contributed by atoms with van der Waals surface area (Å²) in [7, 11) is 0. The number of rotatable bonds is 4. The standard InChI is InChI=1S/C27H31F3N2O2/c28-27(29,30)22-7-6-19-9-13-32(18-20(19)16-22)25(33)26(21-4-2-1-3-5-21)12-8-24(17-26)31-23-10-14-34-15-11-23/h1-7,16,23-24,31H,8-15,17-18H2/t24-,26+/m1/s1. The normalized spacial score (nSPS) is 25.9. The number of alkyl halides is 3. The van der Waals surface area contributed by atoms with E-state index in [9.17, 15) is 18.0 Å². The summed E-state index contributed by atoms with van der Waals surface area (Å²) >= 11 is 0. The van der Waals surface area contributed by atoms with Crippen LogP contribution >= 0.6 is 0 Å². The molecule has 5 rings (SSSR count). The summed E-state index contributed by atoms with van der Waals surface area (Å²) in [5, 5.41) is 3.76. The van der Waals surface area contributed by atoms with Crippen LogP contribution in [0.5, 0.6) is 0 Å². The molecule has 2 aromatic carbocycles. The van der Waals surface area contributed by atoms with Crippen molar-refractivity contribution in [2.24, 2.45) is 0 Å². The third-order valence-electron chi connectivity index (χ3n) is 7.78. The van der Waals surface area contributed by atoms with Gasteiger partial charge in [0.2, 0.25) is 5.91 Å². The Bertz CT molecular complexity index is 1020. The van der Waals surface area contributed by atoms with Crippen LogP contribution in [0.15, 0.2) is 48.5 Å². The molecule has 2 fully saturated rings. The third kappa shape index (κ3) is 4.60. The predicted molar refractivity (Wildman–Crippen MR) is 123 cm³/mol. The molecule has 1 saturated carbocycles. The van der Waals surface area contributed by atoms with Gasteiger partial charge in [0.1, 0.15) is 0 Å². The summed E-state index contributed by atoms with van der Waals surface area (Å²) in [6.45, 7) is 2.29. The second-order valence-corrected chi connectivity index (χ2v) is 9.90. The molecular weight excluding hydrogens is 441 g/mol. The zero-order chi connectivity index (χ0) is 23.8. The molecule has 0 radical (unpaired) electrons. The van der Waals surface area contributed by atoms with Crippen molar-refractivity contribution in [1.29, 1.82) is 0 Å². The summed E-state index contributed by atoms with van der Waals surface area (Å²) in [4.78, 5) is 15.9. The maximum atomic E-state index is 14.1. The first kappa shape index (κ1) is 23.4. The van der Waals surface area contributed by atoms with Gasteiger partial charge in [0.25, 0.3) is 0 Å². The van der Waals surface area contributed by atoms with Crippen LogP contribution < -0.4 is 5.32 Å². The molecule has 0 spiro atoms. The van der Waals surface area contributed by atoms with E-state index in [1.165, 1.54) is 6.07 Å². The number of fused-ring (bicyclic) bond motifs is 1. The lowest BCUT2D eigenvalue weighted by Gasteiger charge is -2.38. The van der Waals surface area contributed by atoms with Crippen LogP contribution in [0.1, 0.15) is 54.4 Å². The molecule has 7 heteroatoms. The van der Waals surface area contributed by atoms with Crippen LogP contribution in [-0.4, -0.2) is 42.6 Å². The molecule has 0 unspecified atom stereocenters. The molecule has 1 aliphatic carbocycles. The number of nitrogens with one attached hydrogen (secondary N) is 1. The van der Waals surface area contributed by atoms with E-state index in [1.54, 1.807) is 11.0 Å². The van der Waals surface area contributed by atoms with E-state index in [4.69, 9.17) is 4.74 Å². The second kappa shape index (κ2) is 9.34. The quantitative estimate of drug-likeness (QED) is 0.692. The first-order chi connectivity index (χ1) is 16.3. The number of hydrogen-bond acceptors (Lipinski definition) is 3. The highest BCUT2D eigenvalue weighted by molar-refractivity contribution is 5.89. The summed E-state index contributed by atoms with van der Waals surface area (Å²) in [5.74, 6) is 0.0399. The highest BCUT2D eigenvalue weighted by atomic mass is 19.4. The smallest absolute Gasteiger partial charge is 0.381 e. The van der Waals surface area contributed by atoms with Crippen molar-refractivity contribution >= 4 is 5.91 Å². The largest absolute Gasteiger partial charge is 0.416 e. The molecule has 182 valence electrons. The van der Waals surface area contributed by atoms with Gasteiger partial charge in [-0.1, -0.05) is 36.4 Å². The van der Waals surface area contributed by atoms with Gasteiger partial charge in [-0.25, -0.2) is 0 Å². The van der Waals surface area contributed by atoms with Crippen LogP contribution in [0.25, 0.3) is 0 Å². The van der Waals surface area contributed by atoms with E-state index in [0.29, 0.717) is 31.0 Å². The van der Waals surface area contributed by atoms with Gasteiger partial charge in [0.05, 0.1) is 11.0 Å². The summed E-state index contributed by atoms with van der Waals surface area (Å²) < 4.78 is 45.3. The Morgan fingerprint density at radius 2 is 1.76 bits per heavy atom. The van der Waals surface area contributed by atoms with E-state index < -0.39 is 17.2 Å². The summed E-state index contributed by atoms with van der Waals surface area (Å²) in [5.41, 5.74) is 1.21. The topological polar surface area (TPSA) is 41.6 Å². The predicted octanol–water partition coefficient (Wildman–Crippen LogP) is 4.85. The van der Waals surface area contributed by atoms with Crippen molar-refractivity contribution in [2.75, 3.05) is 19.8 Å². The van der Waals surface area contributed by atoms with Gasteiger partial charge in [0.15, 0.2) is 0 Å². The Morgan fingerprint density at radius 1 is 1.00 bits per heavy atom. The van der Waals surface area contributed by atoms with Crippen molar-refractivity contribution in [3.63, 3.8) is 0 Å². The lowest BCUT2D eigenvalue weighted by Crippen LogP contribution is -2.49. The van der Waals surface area contributed by atoms with Gasteiger partial charge in [-0.3, -0.25) is 4.79 Å². The SMILES string of the molecule is O=C(N1CCc2ccc(C(F)(F)F)cc2C1)[C@@]1(c2ccccc2)CC[C@@H](NC2CCOCC2)C1. The third-order valence-corrected chi connectivity index (χ3v) is 7.78. The Labute approximate surface area is 198 Å². The molecule has 4 nitrogen and oxygen atoms in total. The Balaban J connectivity index is 1.39. The molecule has 2 aliphatic heterocycles. The number of ether oxygens (including phenoxy) is 1. The number of carbonyl (C=O) groups is 1. The first-order valence-corrected chi connectivity index (χ1v) is 12.2. The lowest BCUT2D eigenvalue weighted by molar-refractivity contribution is -0.138. The number of nitrogens with zero attached hydrogens (tertiary/aromatic N) is 1. The van der Waals surface area contributed by atoms with Crippen molar-refractivity contribution in [3.8, 4) is 0 Å². The van der Waals surface area contributed by atoms with Gasteiger partial charge >= 0.3 is 6.18 Å². The number of benzene rings is 2. The van der Waals surface area contributed by atoms with Crippen molar-refractivity contribution in [2.45, 2.75) is 68.7 Å². The number of amides is 1. The van der Waals surface area contributed by atoms with Crippen LogP contribution in [0.3, 0.4) is 0 Å². The molecular formula is C27H31F3N2O2. The van der Waals surface area contributed by atoms with Crippen LogP contribution in [0.4, 0.5) is 13.2 Å². The minimum atomic E-state index is -4.39. The molecule has 0 bridgehead atoms. The van der Waals surface area contributed by atoms with Crippen molar-refractivity contribution < 1.29 is 22.7 Å². The van der Waals surface area contributed by atoms with E-state index >= 15 is 0 Å². The monoisotopic (exact) mass is 472 g/mol. The number of carbonyl (C=O) groups excluding carboxylic acids is 1. The molecule has 34 heavy (non-hydrogen) atoms. The average Bonchev–Trinajstić information content (AvgIpc) is 3.28. The van der Waals surface area contributed by atoms with E-state index in [0.717, 1.165) is 56.1 Å².